The molecule has 3 rings (SSSR count). The zero-order valence-corrected chi connectivity index (χ0v) is 13.5. The van der Waals surface area contributed by atoms with E-state index in [-0.39, 0.29) is 5.91 Å². The number of para-hydroxylation sites is 1. The maximum atomic E-state index is 12.7. The van der Waals surface area contributed by atoms with Crippen LogP contribution in [0.15, 0.2) is 59.2 Å². The molecule has 2 aromatic rings. The number of rotatable bonds is 3. The van der Waals surface area contributed by atoms with Crippen molar-refractivity contribution >= 4 is 35.0 Å². The van der Waals surface area contributed by atoms with Crippen LogP contribution in [0, 0.1) is 0 Å². The molecule has 0 aliphatic carbocycles. The van der Waals surface area contributed by atoms with Crippen molar-refractivity contribution in [2.24, 2.45) is 5.10 Å². The Morgan fingerprint density at radius 1 is 1.17 bits per heavy atom. The summed E-state index contributed by atoms with van der Waals surface area (Å²) >= 11 is 6.00. The van der Waals surface area contributed by atoms with Crippen molar-refractivity contribution in [2.45, 2.75) is 6.92 Å². The van der Waals surface area contributed by atoms with E-state index in [1.807, 2.05) is 31.2 Å². The van der Waals surface area contributed by atoms with E-state index in [1.165, 1.54) is 5.01 Å². The Balaban J connectivity index is 1.99. The maximum absolute atomic E-state index is 12.7. The van der Waals surface area contributed by atoms with Crippen LogP contribution < -0.4 is 9.75 Å². The van der Waals surface area contributed by atoms with Crippen LogP contribution in [-0.2, 0) is 4.79 Å². The van der Waals surface area contributed by atoms with Gasteiger partial charge in [0, 0.05) is 10.6 Å². The molecule has 116 valence electrons. The summed E-state index contributed by atoms with van der Waals surface area (Å²) in [6.45, 7) is 1.81. The van der Waals surface area contributed by atoms with Gasteiger partial charge in [-0.05, 0) is 37.3 Å². The Bertz CT molecular complexity index is 827. The largest absolute Gasteiger partial charge is 0.496 e. The maximum Gasteiger partial charge on any atom is 0.280 e. The quantitative estimate of drug-likeness (QED) is 0.795. The van der Waals surface area contributed by atoms with Gasteiger partial charge in [-0.3, -0.25) is 4.79 Å². The SMILES string of the molecule is COc1ccccc1/C=C1\C(=O)N(c2cccc(Cl)c2)N=C1C. The lowest BCUT2D eigenvalue weighted by molar-refractivity contribution is -0.114. The van der Waals surface area contributed by atoms with E-state index < -0.39 is 0 Å². The van der Waals surface area contributed by atoms with Crippen LogP contribution in [0.1, 0.15) is 12.5 Å². The summed E-state index contributed by atoms with van der Waals surface area (Å²) in [7, 11) is 1.60. The van der Waals surface area contributed by atoms with Gasteiger partial charge in [0.05, 0.1) is 24.1 Å². The average molecular weight is 327 g/mol. The third kappa shape index (κ3) is 2.98. The molecule has 0 unspecified atom stereocenters. The highest BCUT2D eigenvalue weighted by atomic mass is 35.5. The van der Waals surface area contributed by atoms with Gasteiger partial charge in [-0.25, -0.2) is 0 Å². The second-order valence-corrected chi connectivity index (χ2v) is 5.52. The van der Waals surface area contributed by atoms with E-state index in [1.54, 1.807) is 37.5 Å². The minimum Gasteiger partial charge on any atom is -0.496 e. The third-order valence-electron chi connectivity index (χ3n) is 3.55. The average Bonchev–Trinajstić information content (AvgIpc) is 2.83. The van der Waals surface area contributed by atoms with Crippen molar-refractivity contribution < 1.29 is 9.53 Å². The van der Waals surface area contributed by atoms with E-state index in [4.69, 9.17) is 16.3 Å². The minimum absolute atomic E-state index is 0.185. The number of carbonyl (C=O) groups is 1. The van der Waals surface area contributed by atoms with E-state index in [2.05, 4.69) is 5.10 Å². The molecule has 0 aromatic heterocycles. The summed E-state index contributed by atoms with van der Waals surface area (Å²) in [5.74, 6) is 0.525. The lowest BCUT2D eigenvalue weighted by Crippen LogP contribution is -2.21. The molecule has 1 heterocycles. The van der Waals surface area contributed by atoms with Crippen molar-refractivity contribution in [2.75, 3.05) is 12.1 Å². The van der Waals surface area contributed by atoms with Crippen molar-refractivity contribution in [3.8, 4) is 5.75 Å². The number of methoxy groups -OCH3 is 1. The van der Waals surface area contributed by atoms with Gasteiger partial charge in [-0.2, -0.15) is 10.1 Å². The third-order valence-corrected chi connectivity index (χ3v) is 3.79. The molecule has 1 amide bonds. The van der Waals surface area contributed by atoms with Crippen LogP contribution in [-0.4, -0.2) is 18.7 Å². The van der Waals surface area contributed by atoms with Gasteiger partial charge in [-0.15, -0.1) is 0 Å². The molecule has 1 aliphatic rings. The van der Waals surface area contributed by atoms with Crippen LogP contribution >= 0.6 is 11.6 Å². The number of hydrazone groups is 1. The van der Waals surface area contributed by atoms with E-state index in [0.29, 0.717) is 27.7 Å². The smallest absolute Gasteiger partial charge is 0.280 e. The summed E-state index contributed by atoms with van der Waals surface area (Å²) in [5.41, 5.74) is 2.67. The molecular formula is C18H15ClN2O2. The Labute approximate surface area is 139 Å². The lowest BCUT2D eigenvalue weighted by atomic mass is 10.1. The first-order chi connectivity index (χ1) is 11.1. The van der Waals surface area contributed by atoms with Crippen LogP contribution in [0.5, 0.6) is 5.75 Å². The molecule has 0 saturated heterocycles. The highest BCUT2D eigenvalue weighted by Crippen LogP contribution is 2.28. The Morgan fingerprint density at radius 3 is 2.70 bits per heavy atom. The van der Waals surface area contributed by atoms with Gasteiger partial charge in [0.25, 0.3) is 5.91 Å². The molecule has 1 aliphatic heterocycles. The molecule has 0 fully saturated rings. The van der Waals surface area contributed by atoms with Crippen LogP contribution in [0.2, 0.25) is 5.02 Å². The molecule has 0 spiro atoms. The monoisotopic (exact) mass is 326 g/mol. The zero-order chi connectivity index (χ0) is 16.4. The predicted octanol–water partition coefficient (Wildman–Crippen LogP) is 4.15. The van der Waals surface area contributed by atoms with E-state index >= 15 is 0 Å². The highest BCUT2D eigenvalue weighted by Gasteiger charge is 2.29. The number of carbonyl (C=O) groups excluding carboxylic acids is 1. The Kier molecular flexibility index (Phi) is 4.17. The predicted molar refractivity (Wildman–Crippen MR) is 93.0 cm³/mol. The number of hydrogen-bond acceptors (Lipinski definition) is 3. The molecule has 23 heavy (non-hydrogen) atoms. The molecule has 2 aromatic carbocycles. The van der Waals surface area contributed by atoms with Gasteiger partial charge in [0.15, 0.2) is 0 Å². The first-order valence-corrected chi connectivity index (χ1v) is 7.48. The van der Waals surface area contributed by atoms with Crippen molar-refractivity contribution in [3.63, 3.8) is 0 Å². The van der Waals surface area contributed by atoms with Gasteiger partial charge in [-0.1, -0.05) is 35.9 Å². The molecule has 0 saturated carbocycles. The number of nitrogens with zero attached hydrogens (tertiary/aromatic N) is 2. The summed E-state index contributed by atoms with van der Waals surface area (Å²) < 4.78 is 5.33. The fraction of sp³-hybridized carbons (Fsp3) is 0.111. The van der Waals surface area contributed by atoms with Gasteiger partial charge < -0.3 is 4.74 Å². The Hall–Kier alpha value is -2.59. The lowest BCUT2D eigenvalue weighted by Gasteiger charge is -2.12. The molecule has 0 bridgehead atoms. The fourth-order valence-corrected chi connectivity index (χ4v) is 2.59. The zero-order valence-electron chi connectivity index (χ0n) is 12.8. The Morgan fingerprint density at radius 2 is 1.96 bits per heavy atom. The molecule has 5 heteroatoms. The number of hydrogen-bond donors (Lipinski definition) is 0. The molecule has 0 radical (unpaired) electrons. The number of halogens is 1. The molecule has 0 N–H and O–H groups in total. The van der Waals surface area contributed by atoms with Gasteiger partial charge in [0.2, 0.25) is 0 Å². The first-order valence-electron chi connectivity index (χ1n) is 7.10. The number of benzene rings is 2. The highest BCUT2D eigenvalue weighted by molar-refractivity contribution is 6.33. The van der Waals surface area contributed by atoms with Crippen molar-refractivity contribution in [3.05, 3.63) is 64.7 Å². The topological polar surface area (TPSA) is 41.9 Å². The van der Waals surface area contributed by atoms with E-state index in [9.17, 15) is 4.79 Å². The second kappa shape index (κ2) is 6.26. The molecule has 4 nitrogen and oxygen atoms in total. The van der Waals surface area contributed by atoms with Crippen LogP contribution in [0.3, 0.4) is 0 Å². The molecule has 0 atom stereocenters. The number of ether oxygens (including phenoxy) is 1. The normalized spacial score (nSPS) is 16.0. The van der Waals surface area contributed by atoms with Gasteiger partial charge >= 0.3 is 0 Å². The summed E-state index contributed by atoms with van der Waals surface area (Å²) in [5, 5.41) is 6.27. The minimum atomic E-state index is -0.185. The number of amides is 1. The first kappa shape index (κ1) is 15.3. The summed E-state index contributed by atoms with van der Waals surface area (Å²) in [6, 6.07) is 14.6. The molecular weight excluding hydrogens is 312 g/mol. The van der Waals surface area contributed by atoms with Crippen molar-refractivity contribution in [1.29, 1.82) is 0 Å². The van der Waals surface area contributed by atoms with Gasteiger partial charge in [0.1, 0.15) is 5.75 Å². The second-order valence-electron chi connectivity index (χ2n) is 5.08. The standard InChI is InChI=1S/C18H15ClN2O2/c1-12-16(10-13-6-3-4-9-17(13)23-2)18(22)21(20-12)15-8-5-7-14(19)11-15/h3-11H,1-2H3/b16-10-. The van der Waals surface area contributed by atoms with Crippen LogP contribution in [0.25, 0.3) is 6.08 Å². The van der Waals surface area contributed by atoms with Crippen LogP contribution in [0.4, 0.5) is 5.69 Å². The van der Waals surface area contributed by atoms with E-state index in [0.717, 1.165) is 5.56 Å². The summed E-state index contributed by atoms with van der Waals surface area (Å²) in [6.07, 6.45) is 1.80. The fourth-order valence-electron chi connectivity index (χ4n) is 2.41. The summed E-state index contributed by atoms with van der Waals surface area (Å²) in [4.78, 5) is 12.7. The number of anilines is 1. The van der Waals surface area contributed by atoms with Crippen molar-refractivity contribution in [1.82, 2.24) is 0 Å².